The molecule has 2 aromatic rings. The van der Waals surface area contributed by atoms with Crippen LogP contribution in [0, 0.1) is 0 Å². The SMILES string of the molecule is CCON=C(C(=O)NC1C(=O)N2C(C(=O)[O-])=C(C[n+]3ccccc3)CS[C@H]12)c1nc(NC=O)sc1Cl. The van der Waals surface area contributed by atoms with Gasteiger partial charge in [-0.1, -0.05) is 34.2 Å². The minimum Gasteiger partial charge on any atom is -0.543 e. The number of hydrogen-bond acceptors (Lipinski definition) is 10. The van der Waals surface area contributed by atoms with Crippen LogP contribution in [0.1, 0.15) is 12.6 Å². The highest BCUT2D eigenvalue weighted by molar-refractivity contribution is 8.00. The van der Waals surface area contributed by atoms with Crippen LogP contribution in [-0.2, 0) is 30.6 Å². The van der Waals surface area contributed by atoms with Gasteiger partial charge < -0.3 is 25.4 Å². The van der Waals surface area contributed by atoms with Crippen LogP contribution >= 0.6 is 34.7 Å². The first-order valence-corrected chi connectivity index (χ1v) is 12.8. The van der Waals surface area contributed by atoms with Crippen molar-refractivity contribution in [2.24, 2.45) is 5.16 Å². The Morgan fingerprint density at radius 2 is 2.14 bits per heavy atom. The fourth-order valence-electron chi connectivity index (χ4n) is 3.64. The predicted molar refractivity (Wildman–Crippen MR) is 129 cm³/mol. The summed E-state index contributed by atoms with van der Waals surface area (Å²) in [5, 5.41) is 20.2. The van der Waals surface area contributed by atoms with Crippen molar-refractivity contribution in [2.45, 2.75) is 24.9 Å². The van der Waals surface area contributed by atoms with E-state index in [1.54, 1.807) is 23.9 Å². The lowest BCUT2D eigenvalue weighted by Gasteiger charge is -2.50. The van der Waals surface area contributed by atoms with Gasteiger partial charge in [0, 0.05) is 23.5 Å². The second kappa shape index (κ2) is 11.1. The number of carbonyl (C=O) groups is 4. The van der Waals surface area contributed by atoms with Crippen LogP contribution in [0.3, 0.4) is 0 Å². The number of carboxylic acid groups (broad SMARTS) is 1. The third-order valence-electron chi connectivity index (χ3n) is 5.17. The highest BCUT2D eigenvalue weighted by Gasteiger charge is 2.53. The van der Waals surface area contributed by atoms with Crippen LogP contribution in [0.15, 0.2) is 47.0 Å². The van der Waals surface area contributed by atoms with Gasteiger partial charge in [0.15, 0.2) is 29.8 Å². The molecule has 15 heteroatoms. The molecule has 0 spiro atoms. The van der Waals surface area contributed by atoms with Gasteiger partial charge >= 0.3 is 0 Å². The number of carboxylic acids is 1. The molecule has 1 saturated heterocycles. The Labute approximate surface area is 218 Å². The molecule has 0 aromatic carbocycles. The summed E-state index contributed by atoms with van der Waals surface area (Å²) in [6.45, 7) is 2.08. The van der Waals surface area contributed by atoms with Gasteiger partial charge in [-0.3, -0.25) is 19.3 Å². The van der Waals surface area contributed by atoms with E-state index in [-0.39, 0.29) is 39.7 Å². The van der Waals surface area contributed by atoms with E-state index in [9.17, 15) is 24.3 Å². The molecule has 2 aromatic heterocycles. The topological polar surface area (TPSA) is 157 Å². The Morgan fingerprint density at radius 1 is 1.39 bits per heavy atom. The van der Waals surface area contributed by atoms with Crippen molar-refractivity contribution in [1.29, 1.82) is 0 Å². The molecule has 0 bridgehead atoms. The Hall–Kier alpha value is -3.49. The Kier molecular flexibility index (Phi) is 7.86. The lowest BCUT2D eigenvalue weighted by atomic mass is 10.0. The van der Waals surface area contributed by atoms with Crippen LogP contribution in [0.2, 0.25) is 4.34 Å². The van der Waals surface area contributed by atoms with Crippen molar-refractivity contribution in [3.63, 3.8) is 0 Å². The molecule has 188 valence electrons. The zero-order valence-electron chi connectivity index (χ0n) is 18.7. The van der Waals surface area contributed by atoms with E-state index in [4.69, 9.17) is 16.4 Å². The number of thiazole rings is 1. The summed E-state index contributed by atoms with van der Waals surface area (Å²) in [5.74, 6) is -2.53. The molecule has 2 aliphatic rings. The first kappa shape index (κ1) is 25.6. The van der Waals surface area contributed by atoms with Gasteiger partial charge in [-0.05, 0) is 6.92 Å². The number of carbonyl (C=O) groups excluding carboxylic acids is 4. The average molecular weight is 551 g/mol. The molecule has 0 radical (unpaired) electrons. The second-order valence-corrected chi connectivity index (χ2v) is 10.1. The van der Waals surface area contributed by atoms with Crippen LogP contribution in [-0.4, -0.2) is 63.6 Å². The van der Waals surface area contributed by atoms with Gasteiger partial charge in [-0.2, -0.15) is 0 Å². The largest absolute Gasteiger partial charge is 0.543 e. The molecule has 3 amide bonds. The first-order valence-electron chi connectivity index (χ1n) is 10.6. The maximum absolute atomic E-state index is 13.1. The predicted octanol–water partition coefficient (Wildman–Crippen LogP) is -0.503. The summed E-state index contributed by atoms with van der Waals surface area (Å²) in [6.07, 6.45) is 3.99. The Morgan fingerprint density at radius 3 is 2.81 bits per heavy atom. The summed E-state index contributed by atoms with van der Waals surface area (Å²) in [5.41, 5.74) is 0.00453. The lowest BCUT2D eigenvalue weighted by molar-refractivity contribution is -0.689. The summed E-state index contributed by atoms with van der Waals surface area (Å²) >= 11 is 8.42. The molecule has 36 heavy (non-hydrogen) atoms. The van der Waals surface area contributed by atoms with Crippen molar-refractivity contribution < 1.29 is 33.7 Å². The number of rotatable bonds is 10. The monoisotopic (exact) mass is 550 g/mol. The number of oxime groups is 1. The number of anilines is 1. The average Bonchev–Trinajstić information content (AvgIpc) is 3.22. The number of fused-ring (bicyclic) bond motifs is 1. The minimum atomic E-state index is -1.46. The molecule has 1 fully saturated rings. The standard InChI is InChI=1S/C21H19ClN6O6S2/c1-2-34-26-13(12-16(22)36-21(25-12)23-10-29)17(30)24-14-18(31)28-15(20(32)33)11(9-35-19(14)28)8-27-6-4-3-5-7-27/h3-7,10,14,19H,2,8-9H2,1H3,(H2-,23,24,25,29,30,32,33)/t14?,19-/m1/s1. The van der Waals surface area contributed by atoms with E-state index < -0.39 is 29.2 Å². The van der Waals surface area contributed by atoms with Gasteiger partial charge in [-0.25, -0.2) is 9.55 Å². The van der Waals surface area contributed by atoms with Crippen LogP contribution in [0.25, 0.3) is 0 Å². The van der Waals surface area contributed by atoms with E-state index in [0.29, 0.717) is 17.7 Å². The molecule has 2 atom stereocenters. The first-order chi connectivity index (χ1) is 17.3. The highest BCUT2D eigenvalue weighted by atomic mass is 35.5. The van der Waals surface area contributed by atoms with E-state index in [1.807, 2.05) is 18.2 Å². The summed E-state index contributed by atoms with van der Waals surface area (Å²) in [4.78, 5) is 59.0. The number of halogens is 1. The van der Waals surface area contributed by atoms with Gasteiger partial charge in [-0.15, -0.1) is 11.8 Å². The number of aliphatic carboxylic acids is 1. The van der Waals surface area contributed by atoms with E-state index in [1.165, 1.54) is 11.8 Å². The van der Waals surface area contributed by atoms with Crippen molar-refractivity contribution >= 4 is 69.7 Å². The van der Waals surface area contributed by atoms with Crippen molar-refractivity contribution in [3.8, 4) is 0 Å². The molecule has 2 aliphatic heterocycles. The summed E-state index contributed by atoms with van der Waals surface area (Å²) in [7, 11) is 0. The van der Waals surface area contributed by atoms with E-state index in [0.717, 1.165) is 16.2 Å². The molecule has 0 saturated carbocycles. The zero-order chi connectivity index (χ0) is 25.8. The number of hydrogen-bond donors (Lipinski definition) is 2. The molecule has 4 rings (SSSR count). The number of nitrogens with zero attached hydrogens (tertiary/aromatic N) is 4. The normalized spacial score (nSPS) is 19.3. The van der Waals surface area contributed by atoms with Gasteiger partial charge in [0.1, 0.15) is 28.1 Å². The third kappa shape index (κ3) is 5.05. The minimum absolute atomic E-state index is 0.0330. The summed E-state index contributed by atoms with van der Waals surface area (Å²) < 4.78 is 1.87. The maximum atomic E-state index is 13.1. The fraction of sp³-hybridized carbons (Fsp3) is 0.286. The van der Waals surface area contributed by atoms with Crippen molar-refractivity contribution in [2.75, 3.05) is 17.7 Å². The molecule has 4 heterocycles. The smallest absolute Gasteiger partial charge is 0.276 e. The Bertz CT molecular complexity index is 1270. The van der Waals surface area contributed by atoms with E-state index >= 15 is 0 Å². The van der Waals surface area contributed by atoms with Gasteiger partial charge in [0.05, 0.1) is 11.7 Å². The maximum Gasteiger partial charge on any atom is 0.276 e. The van der Waals surface area contributed by atoms with E-state index in [2.05, 4.69) is 20.8 Å². The van der Waals surface area contributed by atoms with Crippen LogP contribution in [0.5, 0.6) is 0 Å². The number of amides is 3. The quantitative estimate of drug-likeness (QED) is 0.132. The number of β-lactam (4-membered cyclic amide) rings is 1. The molecular weight excluding hydrogens is 532 g/mol. The molecule has 1 unspecified atom stereocenters. The number of aromatic nitrogens is 2. The third-order valence-corrected chi connectivity index (χ3v) is 7.70. The van der Waals surface area contributed by atoms with Gasteiger partial charge in [0.2, 0.25) is 6.41 Å². The Balaban J connectivity index is 1.54. The number of thioether (sulfide) groups is 1. The number of pyridine rings is 1. The fourth-order valence-corrected chi connectivity index (χ4v) is 5.98. The molecular formula is C21H19ClN6O6S2. The highest BCUT2D eigenvalue weighted by Crippen LogP contribution is 2.40. The van der Waals surface area contributed by atoms with Gasteiger partial charge in [0.25, 0.3) is 11.8 Å². The second-order valence-electron chi connectivity index (χ2n) is 7.41. The van der Waals surface area contributed by atoms with Crippen LogP contribution < -0.4 is 20.3 Å². The van der Waals surface area contributed by atoms with Crippen molar-refractivity contribution in [1.82, 2.24) is 15.2 Å². The molecule has 2 N–H and O–H groups in total. The van der Waals surface area contributed by atoms with Crippen LogP contribution in [0.4, 0.5) is 5.13 Å². The number of nitrogens with one attached hydrogen (secondary N) is 2. The molecule has 0 aliphatic carbocycles. The zero-order valence-corrected chi connectivity index (χ0v) is 21.1. The van der Waals surface area contributed by atoms with Crippen molar-refractivity contribution in [3.05, 3.63) is 51.9 Å². The molecule has 12 nitrogen and oxygen atoms in total. The summed E-state index contributed by atoms with van der Waals surface area (Å²) in [6, 6.07) is 4.45. The lowest BCUT2D eigenvalue weighted by Crippen LogP contribution is -2.71.